The van der Waals surface area contributed by atoms with Crippen molar-refractivity contribution in [2.24, 2.45) is 0 Å². The number of hydrogen-bond acceptors (Lipinski definition) is 2. The summed E-state index contributed by atoms with van der Waals surface area (Å²) in [5, 5.41) is 8.82. The summed E-state index contributed by atoms with van der Waals surface area (Å²) in [5.74, 6) is 0. The lowest BCUT2D eigenvalue weighted by Crippen LogP contribution is -2.22. The second-order valence-electron chi connectivity index (χ2n) is 5.52. The Morgan fingerprint density at radius 2 is 1.95 bits per heavy atom. The SMILES string of the molecule is Cc1nn(-c2cc(Cl)ccc2CNC(C)C)c(C)c1C. The van der Waals surface area contributed by atoms with Gasteiger partial charge < -0.3 is 5.32 Å². The highest BCUT2D eigenvalue weighted by molar-refractivity contribution is 6.30. The van der Waals surface area contributed by atoms with Crippen molar-refractivity contribution in [3.63, 3.8) is 0 Å². The number of aryl methyl sites for hydroxylation is 1. The van der Waals surface area contributed by atoms with E-state index in [1.165, 1.54) is 11.1 Å². The average Bonchev–Trinajstić information content (AvgIpc) is 2.65. The molecule has 0 saturated heterocycles. The van der Waals surface area contributed by atoms with Gasteiger partial charge in [-0.15, -0.1) is 0 Å². The quantitative estimate of drug-likeness (QED) is 0.924. The third-order valence-corrected chi connectivity index (χ3v) is 3.86. The minimum Gasteiger partial charge on any atom is -0.310 e. The molecule has 1 N–H and O–H groups in total. The second kappa shape index (κ2) is 5.98. The van der Waals surface area contributed by atoms with Crippen LogP contribution in [0.4, 0.5) is 0 Å². The molecular weight excluding hydrogens is 270 g/mol. The van der Waals surface area contributed by atoms with E-state index in [4.69, 9.17) is 11.6 Å². The molecule has 0 spiro atoms. The predicted molar refractivity (Wildman–Crippen MR) is 84.8 cm³/mol. The molecule has 1 aromatic heterocycles. The third kappa shape index (κ3) is 3.05. The lowest BCUT2D eigenvalue weighted by atomic mass is 10.1. The van der Waals surface area contributed by atoms with Gasteiger partial charge >= 0.3 is 0 Å². The number of rotatable bonds is 4. The first-order valence-corrected chi connectivity index (χ1v) is 7.33. The molecule has 2 rings (SSSR count). The van der Waals surface area contributed by atoms with Gasteiger partial charge in [0.15, 0.2) is 0 Å². The van der Waals surface area contributed by atoms with Crippen LogP contribution in [-0.4, -0.2) is 15.8 Å². The first-order chi connectivity index (χ1) is 9.40. The molecule has 1 aromatic carbocycles. The normalized spacial score (nSPS) is 11.3. The van der Waals surface area contributed by atoms with Crippen molar-refractivity contribution in [2.75, 3.05) is 0 Å². The van der Waals surface area contributed by atoms with E-state index in [0.717, 1.165) is 28.6 Å². The Morgan fingerprint density at radius 1 is 1.25 bits per heavy atom. The molecule has 0 saturated carbocycles. The van der Waals surface area contributed by atoms with Gasteiger partial charge in [-0.1, -0.05) is 31.5 Å². The Labute approximate surface area is 126 Å². The number of aromatic nitrogens is 2. The number of nitrogens with one attached hydrogen (secondary N) is 1. The van der Waals surface area contributed by atoms with Crippen LogP contribution in [0.1, 0.15) is 36.4 Å². The lowest BCUT2D eigenvalue weighted by molar-refractivity contribution is 0.586. The summed E-state index contributed by atoms with van der Waals surface area (Å²) in [6.45, 7) is 11.3. The molecule has 0 bridgehead atoms. The van der Waals surface area contributed by atoms with E-state index in [9.17, 15) is 0 Å². The highest BCUT2D eigenvalue weighted by Gasteiger charge is 2.13. The standard InChI is InChI=1S/C16H22ClN3/c1-10(2)18-9-14-6-7-15(17)8-16(14)20-13(5)11(3)12(4)19-20/h6-8,10,18H,9H2,1-5H3. The van der Waals surface area contributed by atoms with Crippen LogP contribution in [0.3, 0.4) is 0 Å². The molecule has 1 heterocycles. The maximum atomic E-state index is 6.17. The van der Waals surface area contributed by atoms with Crippen molar-refractivity contribution in [3.8, 4) is 5.69 Å². The van der Waals surface area contributed by atoms with Crippen LogP contribution in [0.2, 0.25) is 5.02 Å². The summed E-state index contributed by atoms with van der Waals surface area (Å²) in [5.41, 5.74) is 5.71. The van der Waals surface area contributed by atoms with E-state index >= 15 is 0 Å². The van der Waals surface area contributed by atoms with Crippen LogP contribution in [0, 0.1) is 20.8 Å². The molecule has 2 aromatic rings. The molecule has 0 aliphatic heterocycles. The van der Waals surface area contributed by atoms with Crippen molar-refractivity contribution in [1.82, 2.24) is 15.1 Å². The van der Waals surface area contributed by atoms with Gasteiger partial charge in [0.05, 0.1) is 11.4 Å². The molecule has 0 fully saturated rings. The summed E-state index contributed by atoms with van der Waals surface area (Å²) in [6.07, 6.45) is 0. The zero-order valence-corrected chi connectivity index (χ0v) is 13.5. The minimum atomic E-state index is 0.445. The zero-order chi connectivity index (χ0) is 14.9. The number of halogens is 1. The van der Waals surface area contributed by atoms with E-state index in [1.807, 2.05) is 23.7 Å². The Balaban J connectivity index is 2.48. The van der Waals surface area contributed by atoms with Gasteiger partial charge in [-0.2, -0.15) is 5.10 Å². The fourth-order valence-electron chi connectivity index (χ4n) is 2.15. The van der Waals surface area contributed by atoms with Crippen LogP contribution in [-0.2, 0) is 6.54 Å². The summed E-state index contributed by atoms with van der Waals surface area (Å²) < 4.78 is 1.99. The topological polar surface area (TPSA) is 29.9 Å². The van der Waals surface area contributed by atoms with E-state index < -0.39 is 0 Å². The molecular formula is C16H22ClN3. The summed E-state index contributed by atoms with van der Waals surface area (Å²) in [7, 11) is 0. The fraction of sp³-hybridized carbons (Fsp3) is 0.438. The first-order valence-electron chi connectivity index (χ1n) is 6.95. The largest absolute Gasteiger partial charge is 0.310 e. The predicted octanol–water partition coefficient (Wildman–Crippen LogP) is 3.95. The molecule has 0 aliphatic carbocycles. The highest BCUT2D eigenvalue weighted by Crippen LogP contribution is 2.23. The molecule has 0 amide bonds. The van der Waals surface area contributed by atoms with Crippen molar-refractivity contribution in [1.29, 1.82) is 0 Å². The van der Waals surface area contributed by atoms with E-state index in [-0.39, 0.29) is 0 Å². The van der Waals surface area contributed by atoms with Crippen molar-refractivity contribution in [2.45, 2.75) is 47.2 Å². The molecule has 0 unspecified atom stereocenters. The molecule has 0 atom stereocenters. The second-order valence-corrected chi connectivity index (χ2v) is 5.95. The van der Waals surface area contributed by atoms with Gasteiger partial charge in [0, 0.05) is 23.3 Å². The van der Waals surface area contributed by atoms with Gasteiger partial charge in [-0.3, -0.25) is 0 Å². The Bertz CT molecular complexity index is 614. The summed E-state index contributed by atoms with van der Waals surface area (Å²) in [6, 6.07) is 6.43. The number of hydrogen-bond donors (Lipinski definition) is 1. The smallest absolute Gasteiger partial charge is 0.0708 e. The lowest BCUT2D eigenvalue weighted by Gasteiger charge is -2.14. The van der Waals surface area contributed by atoms with Crippen LogP contribution in [0.25, 0.3) is 5.69 Å². The molecule has 0 radical (unpaired) electrons. The zero-order valence-electron chi connectivity index (χ0n) is 12.8. The minimum absolute atomic E-state index is 0.445. The third-order valence-electron chi connectivity index (χ3n) is 3.63. The maximum absolute atomic E-state index is 6.17. The van der Waals surface area contributed by atoms with Gasteiger partial charge in [0.1, 0.15) is 0 Å². The molecule has 3 nitrogen and oxygen atoms in total. The Morgan fingerprint density at radius 3 is 2.50 bits per heavy atom. The molecule has 0 aliphatic rings. The Kier molecular flexibility index (Phi) is 4.51. The average molecular weight is 292 g/mol. The number of nitrogens with zero attached hydrogens (tertiary/aromatic N) is 2. The highest BCUT2D eigenvalue weighted by atomic mass is 35.5. The monoisotopic (exact) mass is 291 g/mol. The Hall–Kier alpha value is -1.32. The van der Waals surface area contributed by atoms with Gasteiger partial charge in [-0.25, -0.2) is 4.68 Å². The molecule has 108 valence electrons. The van der Waals surface area contributed by atoms with Crippen molar-refractivity contribution < 1.29 is 0 Å². The van der Waals surface area contributed by atoms with Crippen LogP contribution >= 0.6 is 11.6 Å². The van der Waals surface area contributed by atoms with Gasteiger partial charge in [-0.05, 0) is 44.0 Å². The van der Waals surface area contributed by atoms with Crippen LogP contribution < -0.4 is 5.32 Å². The van der Waals surface area contributed by atoms with Crippen molar-refractivity contribution in [3.05, 3.63) is 45.7 Å². The molecule has 4 heteroatoms. The van der Waals surface area contributed by atoms with Crippen molar-refractivity contribution >= 4 is 11.6 Å². The van der Waals surface area contributed by atoms with Gasteiger partial charge in [0.2, 0.25) is 0 Å². The van der Waals surface area contributed by atoms with Crippen LogP contribution in [0.15, 0.2) is 18.2 Å². The van der Waals surface area contributed by atoms with Crippen LogP contribution in [0.5, 0.6) is 0 Å². The van der Waals surface area contributed by atoms with E-state index in [0.29, 0.717) is 6.04 Å². The summed E-state index contributed by atoms with van der Waals surface area (Å²) in [4.78, 5) is 0. The van der Waals surface area contributed by atoms with E-state index in [1.54, 1.807) is 0 Å². The fourth-order valence-corrected chi connectivity index (χ4v) is 2.32. The summed E-state index contributed by atoms with van der Waals surface area (Å²) >= 11 is 6.17. The van der Waals surface area contributed by atoms with E-state index in [2.05, 4.69) is 44.2 Å². The maximum Gasteiger partial charge on any atom is 0.0708 e. The first kappa shape index (κ1) is 15.1. The van der Waals surface area contributed by atoms with Gasteiger partial charge in [0.25, 0.3) is 0 Å². The number of benzene rings is 1. The molecule has 20 heavy (non-hydrogen) atoms.